The molecule has 1 aliphatic carbocycles. The fourth-order valence-electron chi connectivity index (χ4n) is 2.27. The smallest absolute Gasteiger partial charge is 0.00175 e. The van der Waals surface area contributed by atoms with Crippen LogP contribution in [0.2, 0.25) is 0 Å². The summed E-state index contributed by atoms with van der Waals surface area (Å²) in [4.78, 5) is 0. The fourth-order valence-corrected chi connectivity index (χ4v) is 2.27. The molecule has 1 nitrogen and oxygen atoms in total. The summed E-state index contributed by atoms with van der Waals surface area (Å²) >= 11 is 0. The van der Waals surface area contributed by atoms with E-state index in [0.717, 1.165) is 18.4 Å². The van der Waals surface area contributed by atoms with E-state index < -0.39 is 0 Å². The Morgan fingerprint density at radius 2 is 1.93 bits per heavy atom. The van der Waals surface area contributed by atoms with Crippen LogP contribution in [0.4, 0.5) is 0 Å². The van der Waals surface area contributed by atoms with Crippen LogP contribution in [0.3, 0.4) is 0 Å². The zero-order chi connectivity index (χ0) is 10.8. The summed E-state index contributed by atoms with van der Waals surface area (Å²) in [7, 11) is 2.04. The first-order valence-electron chi connectivity index (χ1n) is 5.97. The quantitative estimate of drug-likeness (QED) is 0.792. The highest BCUT2D eigenvalue weighted by Gasteiger charge is 2.37. The Bertz CT molecular complexity index is 313. The van der Waals surface area contributed by atoms with E-state index in [1.807, 2.05) is 7.05 Å². The molecular formula is C14H21N. The molecule has 0 radical (unpaired) electrons. The normalized spacial score (nSPS) is 24.5. The van der Waals surface area contributed by atoms with Crippen molar-refractivity contribution in [2.24, 2.45) is 5.92 Å². The van der Waals surface area contributed by atoms with Gasteiger partial charge in [0.1, 0.15) is 0 Å². The van der Waals surface area contributed by atoms with Crippen LogP contribution in [-0.2, 0) is 0 Å². The summed E-state index contributed by atoms with van der Waals surface area (Å²) in [5.74, 6) is 2.34. The van der Waals surface area contributed by atoms with Gasteiger partial charge in [-0.25, -0.2) is 0 Å². The minimum absolute atomic E-state index is 0.645. The third-order valence-corrected chi connectivity index (χ3v) is 3.42. The monoisotopic (exact) mass is 203 g/mol. The number of benzene rings is 1. The lowest BCUT2D eigenvalue weighted by atomic mass is 10.00. The van der Waals surface area contributed by atoms with E-state index in [4.69, 9.17) is 0 Å². The maximum Gasteiger partial charge on any atom is -0.00175 e. The molecular weight excluding hydrogens is 182 g/mol. The molecule has 1 aromatic rings. The number of hydrogen-bond acceptors (Lipinski definition) is 1. The average molecular weight is 203 g/mol. The van der Waals surface area contributed by atoms with Gasteiger partial charge in [-0.15, -0.1) is 0 Å². The van der Waals surface area contributed by atoms with E-state index in [2.05, 4.69) is 43.4 Å². The molecule has 0 aliphatic heterocycles. The molecule has 0 spiro atoms. The van der Waals surface area contributed by atoms with Crippen LogP contribution in [-0.4, -0.2) is 13.6 Å². The molecule has 1 heteroatoms. The van der Waals surface area contributed by atoms with Crippen molar-refractivity contribution >= 4 is 0 Å². The molecule has 0 aromatic heterocycles. The van der Waals surface area contributed by atoms with E-state index in [1.165, 1.54) is 17.5 Å². The first kappa shape index (κ1) is 10.7. The summed E-state index contributed by atoms with van der Waals surface area (Å²) in [6.07, 6.45) is 1.36. The van der Waals surface area contributed by atoms with E-state index in [9.17, 15) is 0 Å². The van der Waals surface area contributed by atoms with Crippen LogP contribution < -0.4 is 5.32 Å². The van der Waals surface area contributed by atoms with Crippen LogP contribution in [0.1, 0.15) is 43.2 Å². The SMILES string of the molecule is CNC[C@@H]1C[C@@H]1c1ccc(C(C)C)cc1. The van der Waals surface area contributed by atoms with Crippen molar-refractivity contribution < 1.29 is 0 Å². The fraction of sp³-hybridized carbons (Fsp3) is 0.571. The van der Waals surface area contributed by atoms with Crippen molar-refractivity contribution in [3.63, 3.8) is 0 Å². The molecule has 0 bridgehead atoms. The molecule has 1 aliphatic rings. The third-order valence-electron chi connectivity index (χ3n) is 3.42. The Hall–Kier alpha value is -0.820. The van der Waals surface area contributed by atoms with E-state index >= 15 is 0 Å². The molecule has 1 aromatic carbocycles. The molecule has 82 valence electrons. The number of hydrogen-bond donors (Lipinski definition) is 1. The second-order valence-electron chi connectivity index (χ2n) is 4.98. The summed E-state index contributed by atoms with van der Waals surface area (Å²) in [6, 6.07) is 9.20. The topological polar surface area (TPSA) is 12.0 Å². The third kappa shape index (κ3) is 2.40. The van der Waals surface area contributed by atoms with Gasteiger partial charge in [0, 0.05) is 0 Å². The Balaban J connectivity index is 2.00. The zero-order valence-corrected chi connectivity index (χ0v) is 9.96. The van der Waals surface area contributed by atoms with Crippen molar-refractivity contribution in [2.45, 2.75) is 32.1 Å². The van der Waals surface area contributed by atoms with E-state index in [1.54, 1.807) is 0 Å². The Morgan fingerprint density at radius 1 is 1.27 bits per heavy atom. The van der Waals surface area contributed by atoms with Gasteiger partial charge in [0.2, 0.25) is 0 Å². The predicted octanol–water partition coefficient (Wildman–Crippen LogP) is 3.13. The summed E-state index contributed by atoms with van der Waals surface area (Å²) < 4.78 is 0. The van der Waals surface area contributed by atoms with E-state index in [-0.39, 0.29) is 0 Å². The molecule has 1 N–H and O–H groups in total. The first-order valence-corrected chi connectivity index (χ1v) is 5.97. The summed E-state index contributed by atoms with van der Waals surface area (Å²) in [5.41, 5.74) is 2.98. The molecule has 2 atom stereocenters. The van der Waals surface area contributed by atoms with Crippen molar-refractivity contribution in [3.8, 4) is 0 Å². The highest BCUT2D eigenvalue weighted by atomic mass is 14.8. The molecule has 0 heterocycles. The Labute approximate surface area is 92.9 Å². The van der Waals surface area contributed by atoms with Gasteiger partial charge >= 0.3 is 0 Å². The standard InChI is InChI=1S/C14H21N/c1-10(2)11-4-6-12(7-5-11)14-8-13(14)9-15-3/h4-7,10,13-15H,8-9H2,1-3H3/t13-,14+/m0/s1. The largest absolute Gasteiger partial charge is 0.319 e. The molecule has 0 amide bonds. The van der Waals surface area contributed by atoms with Gasteiger partial charge in [-0.1, -0.05) is 38.1 Å². The summed E-state index contributed by atoms with van der Waals surface area (Å²) in [6.45, 7) is 5.66. The molecule has 2 rings (SSSR count). The van der Waals surface area contributed by atoms with E-state index in [0.29, 0.717) is 5.92 Å². The van der Waals surface area contributed by atoms with Gasteiger partial charge in [-0.2, -0.15) is 0 Å². The molecule has 0 unspecified atom stereocenters. The van der Waals surface area contributed by atoms with Gasteiger partial charge in [-0.05, 0) is 48.9 Å². The molecule has 1 saturated carbocycles. The molecule has 1 fully saturated rings. The van der Waals surface area contributed by atoms with Gasteiger partial charge in [-0.3, -0.25) is 0 Å². The minimum Gasteiger partial charge on any atom is -0.319 e. The summed E-state index contributed by atoms with van der Waals surface area (Å²) in [5, 5.41) is 3.26. The minimum atomic E-state index is 0.645. The number of nitrogens with one attached hydrogen (secondary N) is 1. The Kier molecular flexibility index (Phi) is 3.11. The Morgan fingerprint density at radius 3 is 2.47 bits per heavy atom. The van der Waals surface area contributed by atoms with Crippen LogP contribution in [0.5, 0.6) is 0 Å². The van der Waals surface area contributed by atoms with Crippen molar-refractivity contribution in [1.29, 1.82) is 0 Å². The van der Waals surface area contributed by atoms with Gasteiger partial charge < -0.3 is 5.32 Å². The van der Waals surface area contributed by atoms with Crippen molar-refractivity contribution in [2.75, 3.05) is 13.6 Å². The molecule has 0 saturated heterocycles. The average Bonchev–Trinajstić information content (AvgIpc) is 2.98. The highest BCUT2D eigenvalue weighted by Crippen LogP contribution is 2.46. The number of rotatable bonds is 4. The van der Waals surface area contributed by atoms with Crippen LogP contribution >= 0.6 is 0 Å². The highest BCUT2D eigenvalue weighted by molar-refractivity contribution is 5.30. The second-order valence-corrected chi connectivity index (χ2v) is 4.98. The second kappa shape index (κ2) is 4.36. The van der Waals surface area contributed by atoms with Crippen molar-refractivity contribution in [3.05, 3.63) is 35.4 Å². The van der Waals surface area contributed by atoms with Crippen LogP contribution in [0, 0.1) is 5.92 Å². The van der Waals surface area contributed by atoms with Crippen LogP contribution in [0.25, 0.3) is 0 Å². The maximum atomic E-state index is 3.26. The lowest BCUT2D eigenvalue weighted by Gasteiger charge is -2.06. The van der Waals surface area contributed by atoms with Crippen molar-refractivity contribution in [1.82, 2.24) is 5.32 Å². The van der Waals surface area contributed by atoms with Gasteiger partial charge in [0.15, 0.2) is 0 Å². The van der Waals surface area contributed by atoms with Gasteiger partial charge in [0.05, 0.1) is 0 Å². The maximum absolute atomic E-state index is 3.26. The van der Waals surface area contributed by atoms with Crippen LogP contribution in [0.15, 0.2) is 24.3 Å². The lowest BCUT2D eigenvalue weighted by Crippen LogP contribution is -2.10. The molecule has 15 heavy (non-hydrogen) atoms. The lowest BCUT2D eigenvalue weighted by molar-refractivity contribution is 0.698. The predicted molar refractivity (Wildman–Crippen MR) is 65.3 cm³/mol. The first-order chi connectivity index (χ1) is 7.22. The zero-order valence-electron chi connectivity index (χ0n) is 9.96. The van der Waals surface area contributed by atoms with Gasteiger partial charge in [0.25, 0.3) is 0 Å².